The van der Waals surface area contributed by atoms with E-state index in [-0.39, 0.29) is 6.15 Å². The third-order valence-electron chi connectivity index (χ3n) is 0.471. The predicted octanol–water partition coefficient (Wildman–Crippen LogP) is -0.571. The predicted molar refractivity (Wildman–Crippen MR) is 34.9 cm³/mol. The molecule has 0 amide bonds. The molecule has 0 aliphatic heterocycles. The lowest BCUT2D eigenvalue weighted by Crippen LogP contribution is -2.02. The molecule has 0 fully saturated rings. The Hall–Kier alpha value is 0.354. The van der Waals surface area contributed by atoms with Crippen LogP contribution < -0.4 is 6.15 Å². The topological polar surface area (TPSA) is 44.2 Å². The van der Waals surface area contributed by atoms with Crippen LogP contribution in [0, 0.1) is 0 Å². The van der Waals surface area contributed by atoms with E-state index in [1.54, 1.807) is 0 Å². The van der Waals surface area contributed by atoms with Gasteiger partial charge in [0.05, 0.1) is 0 Å². The molecular formula is C2H13NOSi2. The fourth-order valence-corrected chi connectivity index (χ4v) is 0. The lowest BCUT2D eigenvalue weighted by Gasteiger charge is -1.93. The Morgan fingerprint density at radius 1 is 1.50 bits per heavy atom. The standard InChI is InChI=1S/C2H10OSi2.H3N/c1-5(2)3-4;/h5H,1-2,4H3;1H3. The van der Waals surface area contributed by atoms with Gasteiger partial charge in [0.15, 0.2) is 9.04 Å². The maximum Gasteiger partial charge on any atom is 0.156 e. The molecule has 0 aromatic carbocycles. The van der Waals surface area contributed by atoms with Gasteiger partial charge in [-0.3, -0.25) is 0 Å². The third-order valence-corrected chi connectivity index (χ3v) is 4.24. The molecule has 0 bridgehead atoms. The second-order valence-corrected chi connectivity index (χ2v) is 5.27. The maximum atomic E-state index is 5.03. The van der Waals surface area contributed by atoms with Crippen LogP contribution in [0.3, 0.4) is 0 Å². The Kier molecular flexibility index (Phi) is 8.57. The van der Waals surface area contributed by atoms with Crippen molar-refractivity contribution >= 4 is 19.5 Å². The Labute approximate surface area is 43.7 Å². The summed E-state index contributed by atoms with van der Waals surface area (Å²) in [6, 6.07) is 0. The van der Waals surface area contributed by atoms with Crippen LogP contribution in [0.5, 0.6) is 0 Å². The Morgan fingerprint density at radius 3 is 1.67 bits per heavy atom. The van der Waals surface area contributed by atoms with Crippen molar-refractivity contribution in [1.82, 2.24) is 6.15 Å². The van der Waals surface area contributed by atoms with E-state index in [4.69, 9.17) is 4.12 Å². The fraction of sp³-hybridized carbons (Fsp3) is 1.00. The molecule has 6 heavy (non-hydrogen) atoms. The quantitative estimate of drug-likeness (QED) is 0.475. The summed E-state index contributed by atoms with van der Waals surface area (Å²) in [7, 11) is 0.347. The van der Waals surface area contributed by atoms with Crippen molar-refractivity contribution in [2.45, 2.75) is 13.1 Å². The summed E-state index contributed by atoms with van der Waals surface area (Å²) in [4.78, 5) is 0. The summed E-state index contributed by atoms with van der Waals surface area (Å²) in [5, 5.41) is 0. The van der Waals surface area contributed by atoms with Crippen molar-refractivity contribution in [1.29, 1.82) is 0 Å². The zero-order valence-corrected chi connectivity index (χ0v) is 7.85. The summed E-state index contributed by atoms with van der Waals surface area (Å²) in [6.07, 6.45) is 0. The van der Waals surface area contributed by atoms with Gasteiger partial charge < -0.3 is 10.3 Å². The molecule has 0 radical (unpaired) electrons. The van der Waals surface area contributed by atoms with Crippen molar-refractivity contribution in [3.63, 3.8) is 0 Å². The molecule has 0 aromatic rings. The molecule has 2 nitrogen and oxygen atoms in total. The fourth-order valence-electron chi connectivity index (χ4n) is 0. The summed E-state index contributed by atoms with van der Waals surface area (Å²) in [5.74, 6) is 0. The molecule has 0 atom stereocenters. The Balaban J connectivity index is 0. The minimum absolute atomic E-state index is 0. The highest BCUT2D eigenvalue weighted by Gasteiger charge is 1.82. The minimum atomic E-state index is -0.588. The molecule has 4 heteroatoms. The summed E-state index contributed by atoms with van der Waals surface area (Å²) >= 11 is 0. The van der Waals surface area contributed by atoms with Crippen LogP contribution in [-0.4, -0.2) is 19.5 Å². The summed E-state index contributed by atoms with van der Waals surface area (Å²) < 4.78 is 5.03. The first-order chi connectivity index (χ1) is 2.27. The van der Waals surface area contributed by atoms with Gasteiger partial charge in [0.25, 0.3) is 0 Å². The van der Waals surface area contributed by atoms with Crippen molar-refractivity contribution < 1.29 is 4.12 Å². The molecule has 0 saturated carbocycles. The van der Waals surface area contributed by atoms with Crippen LogP contribution in [0.25, 0.3) is 0 Å². The third kappa shape index (κ3) is 8.84. The molecule has 0 aliphatic carbocycles. The van der Waals surface area contributed by atoms with Crippen molar-refractivity contribution in [3.05, 3.63) is 0 Å². The van der Waals surface area contributed by atoms with Crippen molar-refractivity contribution in [2.75, 3.05) is 0 Å². The van der Waals surface area contributed by atoms with E-state index >= 15 is 0 Å². The van der Waals surface area contributed by atoms with Crippen LogP contribution in [0.2, 0.25) is 13.1 Å². The first kappa shape index (κ1) is 9.61. The highest BCUT2D eigenvalue weighted by atomic mass is 28.3. The van der Waals surface area contributed by atoms with Crippen LogP contribution >= 0.6 is 0 Å². The van der Waals surface area contributed by atoms with Crippen LogP contribution in [-0.2, 0) is 4.12 Å². The molecular weight excluding hydrogens is 110 g/mol. The summed E-state index contributed by atoms with van der Waals surface area (Å²) in [6.45, 7) is 4.35. The lowest BCUT2D eigenvalue weighted by atomic mass is 11.9. The van der Waals surface area contributed by atoms with E-state index in [0.29, 0.717) is 0 Å². The van der Waals surface area contributed by atoms with Gasteiger partial charge in [-0.15, -0.1) is 0 Å². The van der Waals surface area contributed by atoms with Gasteiger partial charge in [0, 0.05) is 0 Å². The molecule has 0 saturated heterocycles. The van der Waals surface area contributed by atoms with E-state index in [2.05, 4.69) is 13.1 Å². The molecule has 0 aromatic heterocycles. The van der Waals surface area contributed by atoms with E-state index < -0.39 is 9.04 Å². The smallest absolute Gasteiger partial charge is 0.156 e. The molecule has 0 rings (SSSR count). The monoisotopic (exact) mass is 123 g/mol. The zero-order chi connectivity index (χ0) is 4.28. The van der Waals surface area contributed by atoms with Gasteiger partial charge in [0.2, 0.25) is 0 Å². The normalized spacial score (nSPS) is 8.50. The van der Waals surface area contributed by atoms with Crippen LogP contribution in [0.1, 0.15) is 0 Å². The average molecular weight is 123 g/mol. The first-order valence-corrected chi connectivity index (χ1v) is 5.40. The molecule has 0 spiro atoms. The SMILES string of the molecule is C[SiH](C)O[SiH3].N. The zero-order valence-electron chi connectivity index (χ0n) is 4.69. The Morgan fingerprint density at radius 2 is 1.67 bits per heavy atom. The number of rotatable bonds is 1. The number of hydrogen-bond acceptors (Lipinski definition) is 2. The van der Waals surface area contributed by atoms with Gasteiger partial charge >= 0.3 is 0 Å². The van der Waals surface area contributed by atoms with Gasteiger partial charge in [-0.2, -0.15) is 0 Å². The second-order valence-electron chi connectivity index (χ2n) is 1.28. The molecule has 0 aliphatic rings. The molecule has 0 heterocycles. The van der Waals surface area contributed by atoms with Crippen LogP contribution in [0.4, 0.5) is 0 Å². The van der Waals surface area contributed by atoms with E-state index in [1.165, 1.54) is 0 Å². The van der Waals surface area contributed by atoms with Crippen molar-refractivity contribution in [3.8, 4) is 0 Å². The van der Waals surface area contributed by atoms with Crippen LogP contribution in [0.15, 0.2) is 0 Å². The largest absolute Gasteiger partial charge is 0.466 e. The second kappa shape index (κ2) is 5.35. The van der Waals surface area contributed by atoms with Gasteiger partial charge in [-0.05, 0) is 13.1 Å². The van der Waals surface area contributed by atoms with Gasteiger partial charge in [0.1, 0.15) is 10.5 Å². The van der Waals surface area contributed by atoms with Crippen molar-refractivity contribution in [2.24, 2.45) is 0 Å². The molecule has 0 unspecified atom stereocenters. The van der Waals surface area contributed by atoms with E-state index in [9.17, 15) is 0 Å². The van der Waals surface area contributed by atoms with Gasteiger partial charge in [-0.1, -0.05) is 0 Å². The van der Waals surface area contributed by atoms with Gasteiger partial charge in [-0.25, -0.2) is 0 Å². The van der Waals surface area contributed by atoms with E-state index in [0.717, 1.165) is 10.5 Å². The minimum Gasteiger partial charge on any atom is -0.466 e. The average Bonchev–Trinajstić information content (AvgIpc) is 1.38. The lowest BCUT2D eigenvalue weighted by molar-refractivity contribution is 0.647. The molecule has 40 valence electrons. The number of hydrogen-bond donors (Lipinski definition) is 1. The highest BCUT2D eigenvalue weighted by molar-refractivity contribution is 6.52. The maximum absolute atomic E-state index is 5.03. The highest BCUT2D eigenvalue weighted by Crippen LogP contribution is 1.72. The Bertz CT molecular complexity index is 25.5. The molecule has 3 N–H and O–H groups in total. The summed E-state index contributed by atoms with van der Waals surface area (Å²) in [5.41, 5.74) is 0. The first-order valence-electron chi connectivity index (χ1n) is 1.80. The van der Waals surface area contributed by atoms with E-state index in [1.807, 2.05) is 0 Å².